The summed E-state index contributed by atoms with van der Waals surface area (Å²) in [5, 5.41) is 10.5. The third-order valence-electron chi connectivity index (χ3n) is 4.23. The number of aliphatic hydroxyl groups is 1. The van der Waals surface area contributed by atoms with Crippen LogP contribution in [0.3, 0.4) is 0 Å². The standard InChI is InChI=1S/C20H24O5/c1-22-20-18(21)19(24-13-16-10-6-3-7-11-16)17(14-25-20)23-12-15-8-4-2-5-9-15/h2-11,17-21H,12-14H2,1H3/t17-,18-,19+,20+/m1/s1. The maximum atomic E-state index is 10.5. The summed E-state index contributed by atoms with van der Waals surface area (Å²) in [6.45, 7) is 1.14. The second-order valence-corrected chi connectivity index (χ2v) is 6.02. The molecule has 1 fully saturated rings. The lowest BCUT2D eigenvalue weighted by molar-refractivity contribution is -0.281. The van der Waals surface area contributed by atoms with Crippen molar-refractivity contribution in [3.05, 3.63) is 71.8 Å². The summed E-state index contributed by atoms with van der Waals surface area (Å²) in [5.74, 6) is 0. The molecule has 5 heteroatoms. The zero-order valence-electron chi connectivity index (χ0n) is 14.3. The van der Waals surface area contributed by atoms with Crippen LogP contribution in [0.5, 0.6) is 0 Å². The van der Waals surface area contributed by atoms with Crippen molar-refractivity contribution in [3.8, 4) is 0 Å². The van der Waals surface area contributed by atoms with E-state index < -0.39 is 18.5 Å². The van der Waals surface area contributed by atoms with E-state index in [2.05, 4.69) is 0 Å². The molecule has 134 valence electrons. The van der Waals surface area contributed by atoms with Gasteiger partial charge in [0.1, 0.15) is 18.3 Å². The SMILES string of the molecule is CO[C@H]1OC[C@@H](OCc2ccccc2)[C@H](OCc2ccccc2)[C@H]1O. The summed E-state index contributed by atoms with van der Waals surface area (Å²) in [6.07, 6.45) is -2.52. The molecular formula is C20H24O5. The van der Waals surface area contributed by atoms with Gasteiger partial charge in [-0.05, 0) is 11.1 Å². The summed E-state index contributed by atoms with van der Waals surface area (Å²) in [6, 6.07) is 19.7. The summed E-state index contributed by atoms with van der Waals surface area (Å²) in [7, 11) is 1.51. The van der Waals surface area contributed by atoms with Crippen molar-refractivity contribution in [2.24, 2.45) is 0 Å². The molecule has 1 heterocycles. The average Bonchev–Trinajstić information content (AvgIpc) is 2.67. The zero-order valence-corrected chi connectivity index (χ0v) is 14.3. The third kappa shape index (κ3) is 4.87. The molecule has 2 aromatic carbocycles. The molecule has 5 nitrogen and oxygen atoms in total. The number of hydrogen-bond donors (Lipinski definition) is 1. The maximum absolute atomic E-state index is 10.5. The van der Waals surface area contributed by atoms with Crippen LogP contribution in [-0.2, 0) is 32.2 Å². The molecule has 1 aliphatic rings. The molecule has 0 unspecified atom stereocenters. The molecule has 1 aliphatic heterocycles. The Morgan fingerprint density at radius 3 is 2.04 bits per heavy atom. The van der Waals surface area contributed by atoms with Crippen LogP contribution in [0.1, 0.15) is 11.1 Å². The van der Waals surface area contributed by atoms with Crippen molar-refractivity contribution in [2.75, 3.05) is 13.7 Å². The Hall–Kier alpha value is -1.76. The number of benzene rings is 2. The van der Waals surface area contributed by atoms with E-state index >= 15 is 0 Å². The molecule has 4 atom stereocenters. The van der Waals surface area contributed by atoms with Gasteiger partial charge in [-0.3, -0.25) is 0 Å². The molecule has 0 amide bonds. The van der Waals surface area contributed by atoms with Crippen LogP contribution in [0, 0.1) is 0 Å². The molecule has 2 aromatic rings. The van der Waals surface area contributed by atoms with Gasteiger partial charge in [-0.15, -0.1) is 0 Å². The van der Waals surface area contributed by atoms with E-state index in [1.54, 1.807) is 0 Å². The first-order valence-electron chi connectivity index (χ1n) is 8.41. The number of aliphatic hydroxyl groups excluding tert-OH is 1. The number of hydrogen-bond acceptors (Lipinski definition) is 5. The van der Waals surface area contributed by atoms with Crippen LogP contribution >= 0.6 is 0 Å². The van der Waals surface area contributed by atoms with E-state index in [0.29, 0.717) is 19.8 Å². The van der Waals surface area contributed by atoms with Gasteiger partial charge in [0.25, 0.3) is 0 Å². The van der Waals surface area contributed by atoms with Crippen LogP contribution in [0.25, 0.3) is 0 Å². The minimum atomic E-state index is -0.914. The summed E-state index contributed by atoms with van der Waals surface area (Å²) in [4.78, 5) is 0. The van der Waals surface area contributed by atoms with Crippen LogP contribution in [0.15, 0.2) is 60.7 Å². The highest BCUT2D eigenvalue weighted by molar-refractivity contribution is 5.14. The predicted molar refractivity (Wildman–Crippen MR) is 92.8 cm³/mol. The number of ether oxygens (including phenoxy) is 4. The smallest absolute Gasteiger partial charge is 0.185 e. The zero-order chi connectivity index (χ0) is 17.5. The van der Waals surface area contributed by atoms with Crippen LogP contribution in [0.2, 0.25) is 0 Å². The Morgan fingerprint density at radius 2 is 1.48 bits per heavy atom. The molecule has 0 radical (unpaired) electrons. The highest BCUT2D eigenvalue weighted by Crippen LogP contribution is 2.23. The minimum absolute atomic E-state index is 0.307. The van der Waals surface area contributed by atoms with Gasteiger partial charge in [0.05, 0.1) is 19.8 Å². The fourth-order valence-electron chi connectivity index (χ4n) is 2.86. The molecule has 0 spiro atoms. The minimum Gasteiger partial charge on any atom is -0.385 e. The van der Waals surface area contributed by atoms with Gasteiger partial charge >= 0.3 is 0 Å². The molecule has 3 rings (SSSR count). The van der Waals surface area contributed by atoms with Gasteiger partial charge in [-0.1, -0.05) is 60.7 Å². The average molecular weight is 344 g/mol. The highest BCUT2D eigenvalue weighted by Gasteiger charge is 2.41. The summed E-state index contributed by atoms with van der Waals surface area (Å²) >= 11 is 0. The number of methoxy groups -OCH3 is 1. The fraction of sp³-hybridized carbons (Fsp3) is 0.400. The van der Waals surface area contributed by atoms with Crippen molar-refractivity contribution >= 4 is 0 Å². The van der Waals surface area contributed by atoms with E-state index in [1.165, 1.54) is 7.11 Å². The second-order valence-electron chi connectivity index (χ2n) is 6.02. The maximum Gasteiger partial charge on any atom is 0.185 e. The first-order valence-corrected chi connectivity index (χ1v) is 8.41. The fourth-order valence-corrected chi connectivity index (χ4v) is 2.86. The topological polar surface area (TPSA) is 57.2 Å². The van der Waals surface area contributed by atoms with Crippen LogP contribution in [-0.4, -0.2) is 43.4 Å². The monoisotopic (exact) mass is 344 g/mol. The second kappa shape index (κ2) is 9.08. The van der Waals surface area contributed by atoms with Crippen LogP contribution in [0.4, 0.5) is 0 Å². The van der Waals surface area contributed by atoms with Gasteiger partial charge in [-0.2, -0.15) is 0 Å². The quantitative estimate of drug-likeness (QED) is 0.836. The molecule has 0 saturated carbocycles. The summed E-state index contributed by atoms with van der Waals surface area (Å²) in [5.41, 5.74) is 2.10. The Bertz CT molecular complexity index is 618. The van der Waals surface area contributed by atoms with E-state index in [-0.39, 0.29) is 6.10 Å². The molecule has 0 aliphatic carbocycles. The largest absolute Gasteiger partial charge is 0.385 e. The van der Waals surface area contributed by atoms with Gasteiger partial charge in [-0.25, -0.2) is 0 Å². The third-order valence-corrected chi connectivity index (χ3v) is 4.23. The first-order chi connectivity index (χ1) is 12.3. The Labute approximate surface area is 148 Å². The lowest BCUT2D eigenvalue weighted by Crippen LogP contribution is -2.55. The highest BCUT2D eigenvalue weighted by atomic mass is 16.7. The van der Waals surface area contributed by atoms with Crippen molar-refractivity contribution < 1.29 is 24.1 Å². The van der Waals surface area contributed by atoms with E-state index in [0.717, 1.165) is 11.1 Å². The Balaban J connectivity index is 1.63. The van der Waals surface area contributed by atoms with Gasteiger partial charge in [0.15, 0.2) is 6.29 Å². The first kappa shape index (κ1) is 18.0. The number of rotatable bonds is 7. The van der Waals surface area contributed by atoms with Crippen molar-refractivity contribution in [1.82, 2.24) is 0 Å². The van der Waals surface area contributed by atoms with Gasteiger partial charge < -0.3 is 24.1 Å². The summed E-state index contributed by atoms with van der Waals surface area (Å²) < 4.78 is 22.7. The molecule has 0 aromatic heterocycles. The predicted octanol–water partition coefficient (Wildman–Crippen LogP) is 2.52. The Kier molecular flexibility index (Phi) is 6.55. The van der Waals surface area contributed by atoms with E-state index in [9.17, 15) is 5.11 Å². The van der Waals surface area contributed by atoms with Crippen LogP contribution < -0.4 is 0 Å². The van der Waals surface area contributed by atoms with Gasteiger partial charge in [0, 0.05) is 7.11 Å². The lowest BCUT2D eigenvalue weighted by atomic mass is 10.0. The van der Waals surface area contributed by atoms with Crippen molar-refractivity contribution in [1.29, 1.82) is 0 Å². The molecule has 1 N–H and O–H groups in total. The Morgan fingerprint density at radius 1 is 0.920 bits per heavy atom. The normalized spacial score (nSPS) is 26.5. The lowest BCUT2D eigenvalue weighted by Gasteiger charge is -2.39. The van der Waals surface area contributed by atoms with E-state index in [1.807, 2.05) is 60.7 Å². The molecule has 25 heavy (non-hydrogen) atoms. The van der Waals surface area contributed by atoms with E-state index in [4.69, 9.17) is 18.9 Å². The molecule has 1 saturated heterocycles. The van der Waals surface area contributed by atoms with Crippen molar-refractivity contribution in [3.63, 3.8) is 0 Å². The molecule has 0 bridgehead atoms. The van der Waals surface area contributed by atoms with Gasteiger partial charge in [0.2, 0.25) is 0 Å². The van der Waals surface area contributed by atoms with Crippen molar-refractivity contribution in [2.45, 2.75) is 37.8 Å². The molecular weight excluding hydrogens is 320 g/mol.